The summed E-state index contributed by atoms with van der Waals surface area (Å²) in [4.78, 5) is 16.2. The molecule has 0 bridgehead atoms. The lowest BCUT2D eigenvalue weighted by Crippen LogP contribution is -2.36. The normalized spacial score (nSPS) is 10.7. The van der Waals surface area contributed by atoms with E-state index in [1.807, 2.05) is 55.4 Å². The highest BCUT2D eigenvalue weighted by Crippen LogP contribution is 2.14. The van der Waals surface area contributed by atoms with Crippen molar-refractivity contribution in [1.82, 2.24) is 9.80 Å². The molecule has 4 nitrogen and oxygen atoms in total. The van der Waals surface area contributed by atoms with Gasteiger partial charge in [-0.25, -0.2) is 0 Å². The summed E-state index contributed by atoms with van der Waals surface area (Å²) in [6, 6.07) is 16.1. The number of amides is 1. The maximum absolute atomic E-state index is 12.4. The molecular weight excluding hydrogens is 300 g/mol. The molecule has 0 aliphatic carbocycles. The molecule has 0 N–H and O–H groups in total. The smallest absolute Gasteiger partial charge is 0.236 e. The first kappa shape index (κ1) is 18.0. The third-order valence-corrected chi connectivity index (χ3v) is 4.09. The van der Waals surface area contributed by atoms with E-state index in [0.29, 0.717) is 19.6 Å². The molecule has 0 aliphatic heterocycles. The molecule has 0 atom stereocenters. The van der Waals surface area contributed by atoms with E-state index >= 15 is 0 Å². The van der Waals surface area contributed by atoms with E-state index in [1.165, 1.54) is 11.1 Å². The van der Waals surface area contributed by atoms with Gasteiger partial charge in [-0.05, 0) is 42.8 Å². The number of benzene rings is 2. The zero-order valence-electron chi connectivity index (χ0n) is 15.0. The first-order chi connectivity index (χ1) is 11.5. The van der Waals surface area contributed by atoms with Crippen LogP contribution in [0, 0.1) is 6.92 Å². The Morgan fingerprint density at radius 2 is 1.79 bits per heavy atom. The van der Waals surface area contributed by atoms with Crippen molar-refractivity contribution in [1.29, 1.82) is 0 Å². The van der Waals surface area contributed by atoms with Gasteiger partial charge in [0.05, 0.1) is 13.7 Å². The van der Waals surface area contributed by atoms with E-state index in [2.05, 4.69) is 19.1 Å². The molecule has 0 aliphatic rings. The SMILES string of the molecule is COc1cccc(CN(C)CC(=O)N(C)Cc2ccccc2C)c1. The first-order valence-electron chi connectivity index (χ1n) is 8.09. The molecule has 1 amide bonds. The lowest BCUT2D eigenvalue weighted by Gasteiger charge is -2.22. The van der Waals surface area contributed by atoms with Gasteiger partial charge in [-0.3, -0.25) is 9.69 Å². The van der Waals surface area contributed by atoms with E-state index in [1.54, 1.807) is 12.0 Å². The number of nitrogens with zero attached hydrogens (tertiary/aromatic N) is 2. The molecule has 0 saturated heterocycles. The standard InChI is InChI=1S/C20H26N2O2/c1-16-8-5-6-10-18(16)14-22(3)20(23)15-21(2)13-17-9-7-11-19(12-17)24-4/h5-12H,13-15H2,1-4H3. The summed E-state index contributed by atoms with van der Waals surface area (Å²) in [5.41, 5.74) is 3.52. The van der Waals surface area contributed by atoms with E-state index in [0.717, 1.165) is 11.3 Å². The van der Waals surface area contributed by atoms with Gasteiger partial charge < -0.3 is 9.64 Å². The van der Waals surface area contributed by atoms with E-state index in [4.69, 9.17) is 4.74 Å². The maximum atomic E-state index is 12.4. The molecule has 128 valence electrons. The van der Waals surface area contributed by atoms with Crippen LogP contribution in [-0.2, 0) is 17.9 Å². The molecule has 0 radical (unpaired) electrons. The number of methoxy groups -OCH3 is 1. The number of carbonyl (C=O) groups excluding carboxylic acids is 1. The minimum Gasteiger partial charge on any atom is -0.497 e. The van der Waals surface area contributed by atoms with Crippen LogP contribution in [0.5, 0.6) is 5.75 Å². The van der Waals surface area contributed by atoms with Gasteiger partial charge in [-0.15, -0.1) is 0 Å². The Labute approximate surface area is 144 Å². The highest BCUT2D eigenvalue weighted by atomic mass is 16.5. The van der Waals surface area contributed by atoms with Crippen LogP contribution in [0.25, 0.3) is 0 Å². The van der Waals surface area contributed by atoms with Crippen LogP contribution in [-0.4, -0.2) is 43.5 Å². The lowest BCUT2D eigenvalue weighted by molar-refractivity contribution is -0.131. The summed E-state index contributed by atoms with van der Waals surface area (Å²) in [6.07, 6.45) is 0. The number of rotatable bonds is 7. The predicted molar refractivity (Wildman–Crippen MR) is 97.0 cm³/mol. The Morgan fingerprint density at radius 1 is 1.04 bits per heavy atom. The monoisotopic (exact) mass is 326 g/mol. The van der Waals surface area contributed by atoms with Crippen molar-refractivity contribution in [2.75, 3.05) is 27.7 Å². The summed E-state index contributed by atoms with van der Waals surface area (Å²) in [7, 11) is 5.47. The van der Waals surface area contributed by atoms with Gasteiger partial charge in [0.1, 0.15) is 5.75 Å². The quantitative estimate of drug-likeness (QED) is 0.784. The number of hydrogen-bond acceptors (Lipinski definition) is 3. The second-order valence-electron chi connectivity index (χ2n) is 6.20. The topological polar surface area (TPSA) is 32.8 Å². The Kier molecular flexibility index (Phi) is 6.38. The van der Waals surface area contributed by atoms with Gasteiger partial charge in [0.25, 0.3) is 0 Å². The van der Waals surface area contributed by atoms with Gasteiger partial charge in [-0.1, -0.05) is 36.4 Å². The summed E-state index contributed by atoms with van der Waals surface area (Å²) < 4.78 is 5.24. The second kappa shape index (κ2) is 8.50. The summed E-state index contributed by atoms with van der Waals surface area (Å²) in [5.74, 6) is 0.951. The Hall–Kier alpha value is -2.33. The van der Waals surface area contributed by atoms with Crippen molar-refractivity contribution < 1.29 is 9.53 Å². The molecule has 2 aromatic carbocycles. The minimum absolute atomic E-state index is 0.114. The van der Waals surface area contributed by atoms with Crippen molar-refractivity contribution in [3.05, 3.63) is 65.2 Å². The Bertz CT molecular complexity index is 685. The minimum atomic E-state index is 0.114. The fourth-order valence-electron chi connectivity index (χ4n) is 2.62. The van der Waals surface area contributed by atoms with Crippen LogP contribution >= 0.6 is 0 Å². The van der Waals surface area contributed by atoms with Crippen LogP contribution < -0.4 is 4.74 Å². The van der Waals surface area contributed by atoms with Crippen molar-refractivity contribution in [3.8, 4) is 5.75 Å². The molecule has 0 saturated carbocycles. The molecule has 0 aromatic heterocycles. The van der Waals surface area contributed by atoms with Crippen molar-refractivity contribution in [3.63, 3.8) is 0 Å². The molecule has 2 aromatic rings. The van der Waals surface area contributed by atoms with Crippen LogP contribution in [0.2, 0.25) is 0 Å². The molecule has 24 heavy (non-hydrogen) atoms. The third-order valence-electron chi connectivity index (χ3n) is 4.09. The van der Waals surface area contributed by atoms with Gasteiger partial charge in [-0.2, -0.15) is 0 Å². The van der Waals surface area contributed by atoms with Gasteiger partial charge in [0, 0.05) is 20.1 Å². The molecule has 2 rings (SSSR count). The van der Waals surface area contributed by atoms with E-state index in [9.17, 15) is 4.79 Å². The van der Waals surface area contributed by atoms with E-state index < -0.39 is 0 Å². The van der Waals surface area contributed by atoms with Crippen molar-refractivity contribution >= 4 is 5.91 Å². The zero-order valence-corrected chi connectivity index (χ0v) is 15.0. The lowest BCUT2D eigenvalue weighted by atomic mass is 10.1. The van der Waals surface area contributed by atoms with Gasteiger partial charge >= 0.3 is 0 Å². The largest absolute Gasteiger partial charge is 0.497 e. The van der Waals surface area contributed by atoms with Gasteiger partial charge in [0.2, 0.25) is 5.91 Å². The number of likely N-dealkylation sites (N-methyl/N-ethyl adjacent to an activating group) is 2. The average molecular weight is 326 g/mol. The molecule has 0 unspecified atom stereocenters. The maximum Gasteiger partial charge on any atom is 0.236 e. The second-order valence-corrected chi connectivity index (χ2v) is 6.20. The number of ether oxygens (including phenoxy) is 1. The van der Waals surface area contributed by atoms with Crippen molar-refractivity contribution in [2.45, 2.75) is 20.0 Å². The zero-order chi connectivity index (χ0) is 17.5. The number of aryl methyl sites for hydroxylation is 1. The molecule has 0 heterocycles. The molecule has 0 fully saturated rings. The average Bonchev–Trinajstić information content (AvgIpc) is 2.56. The summed E-state index contributed by atoms with van der Waals surface area (Å²) >= 11 is 0. The van der Waals surface area contributed by atoms with Crippen LogP contribution in [0.15, 0.2) is 48.5 Å². The number of hydrogen-bond donors (Lipinski definition) is 0. The van der Waals surface area contributed by atoms with Crippen molar-refractivity contribution in [2.24, 2.45) is 0 Å². The summed E-state index contributed by atoms with van der Waals surface area (Å²) in [5, 5.41) is 0. The van der Waals surface area contributed by atoms with Crippen LogP contribution in [0.1, 0.15) is 16.7 Å². The molecule has 0 spiro atoms. The fourth-order valence-corrected chi connectivity index (χ4v) is 2.62. The Morgan fingerprint density at radius 3 is 2.50 bits per heavy atom. The predicted octanol–water partition coefficient (Wildman–Crippen LogP) is 3.09. The third kappa shape index (κ3) is 5.10. The molecular formula is C20H26N2O2. The summed E-state index contributed by atoms with van der Waals surface area (Å²) in [6.45, 7) is 3.81. The highest BCUT2D eigenvalue weighted by Gasteiger charge is 2.13. The van der Waals surface area contributed by atoms with Crippen LogP contribution in [0.4, 0.5) is 0 Å². The highest BCUT2D eigenvalue weighted by molar-refractivity contribution is 5.78. The Balaban J connectivity index is 1.89. The fraction of sp³-hybridized carbons (Fsp3) is 0.350. The van der Waals surface area contributed by atoms with E-state index in [-0.39, 0.29) is 5.91 Å². The van der Waals surface area contributed by atoms with Crippen LogP contribution in [0.3, 0.4) is 0 Å². The van der Waals surface area contributed by atoms with Gasteiger partial charge in [0.15, 0.2) is 0 Å². The first-order valence-corrected chi connectivity index (χ1v) is 8.09. The molecule has 4 heteroatoms. The number of carbonyl (C=O) groups is 1.